The fourth-order valence-electron chi connectivity index (χ4n) is 2.28. The summed E-state index contributed by atoms with van der Waals surface area (Å²) in [4.78, 5) is 12.6. The molecule has 0 aliphatic carbocycles. The highest BCUT2D eigenvalue weighted by Gasteiger charge is 2.27. The second-order valence-electron chi connectivity index (χ2n) is 4.71. The van der Waals surface area contributed by atoms with E-state index in [1.165, 1.54) is 0 Å². The molecule has 0 aromatic heterocycles. The van der Waals surface area contributed by atoms with Crippen molar-refractivity contribution in [3.05, 3.63) is 38.9 Å². The molecular formula is C12H16ClN3O2. The van der Waals surface area contributed by atoms with Crippen LogP contribution in [-0.2, 0) is 6.54 Å². The predicted molar refractivity (Wildman–Crippen MR) is 70.6 cm³/mol. The maximum Gasteiger partial charge on any atom is 0.288 e. The number of nitro benzene ring substituents is 1. The Morgan fingerprint density at radius 1 is 1.61 bits per heavy atom. The van der Waals surface area contributed by atoms with Gasteiger partial charge < -0.3 is 5.73 Å². The molecule has 98 valence electrons. The minimum atomic E-state index is -0.453. The molecule has 0 bridgehead atoms. The van der Waals surface area contributed by atoms with Gasteiger partial charge in [-0.3, -0.25) is 15.0 Å². The van der Waals surface area contributed by atoms with E-state index < -0.39 is 4.92 Å². The fraction of sp³-hybridized carbons (Fsp3) is 0.500. The lowest BCUT2D eigenvalue weighted by molar-refractivity contribution is -0.384. The van der Waals surface area contributed by atoms with Gasteiger partial charge in [0.1, 0.15) is 5.02 Å². The molecule has 0 spiro atoms. The van der Waals surface area contributed by atoms with Gasteiger partial charge in [-0.2, -0.15) is 0 Å². The molecule has 0 saturated carbocycles. The normalized spacial score (nSPS) is 24.4. The summed E-state index contributed by atoms with van der Waals surface area (Å²) in [5.41, 5.74) is 6.81. The first-order chi connectivity index (χ1) is 8.49. The Hall–Kier alpha value is -1.17. The molecule has 1 heterocycles. The second-order valence-corrected chi connectivity index (χ2v) is 5.11. The molecule has 1 aliphatic heterocycles. The van der Waals surface area contributed by atoms with Gasteiger partial charge in [0, 0.05) is 31.2 Å². The van der Waals surface area contributed by atoms with E-state index in [0.29, 0.717) is 12.6 Å². The number of nitrogens with two attached hydrogens (primary N) is 1. The van der Waals surface area contributed by atoms with E-state index in [4.69, 9.17) is 17.3 Å². The minimum absolute atomic E-state index is 0.0367. The molecule has 1 aliphatic rings. The van der Waals surface area contributed by atoms with Crippen LogP contribution in [0.2, 0.25) is 5.02 Å². The van der Waals surface area contributed by atoms with Gasteiger partial charge in [0.2, 0.25) is 0 Å². The van der Waals surface area contributed by atoms with Crippen molar-refractivity contribution in [3.8, 4) is 0 Å². The van der Waals surface area contributed by atoms with Crippen LogP contribution in [0.4, 0.5) is 5.69 Å². The molecule has 18 heavy (non-hydrogen) atoms. The monoisotopic (exact) mass is 269 g/mol. The SMILES string of the molecule is CC1C(N)CCN1Cc1ccc(Cl)c([N+](=O)[O-])c1. The second kappa shape index (κ2) is 5.22. The van der Waals surface area contributed by atoms with Crippen LogP contribution in [0.3, 0.4) is 0 Å². The third-order valence-electron chi connectivity index (χ3n) is 3.54. The largest absolute Gasteiger partial charge is 0.326 e. The summed E-state index contributed by atoms with van der Waals surface area (Å²) in [6.07, 6.45) is 0.969. The van der Waals surface area contributed by atoms with Gasteiger partial charge >= 0.3 is 0 Å². The van der Waals surface area contributed by atoms with Gasteiger partial charge in [0.25, 0.3) is 5.69 Å². The van der Waals surface area contributed by atoms with Crippen molar-refractivity contribution >= 4 is 17.3 Å². The number of benzene rings is 1. The molecule has 1 fully saturated rings. The van der Waals surface area contributed by atoms with E-state index in [1.54, 1.807) is 12.1 Å². The van der Waals surface area contributed by atoms with Crippen molar-refractivity contribution in [3.63, 3.8) is 0 Å². The molecule has 0 radical (unpaired) electrons. The van der Waals surface area contributed by atoms with E-state index in [0.717, 1.165) is 18.5 Å². The molecule has 1 aromatic rings. The molecule has 2 atom stereocenters. The minimum Gasteiger partial charge on any atom is -0.326 e. The molecule has 1 saturated heterocycles. The quantitative estimate of drug-likeness (QED) is 0.674. The number of rotatable bonds is 3. The van der Waals surface area contributed by atoms with Crippen LogP contribution in [0.5, 0.6) is 0 Å². The summed E-state index contributed by atoms with van der Waals surface area (Å²) in [5.74, 6) is 0. The first-order valence-electron chi connectivity index (χ1n) is 5.91. The lowest BCUT2D eigenvalue weighted by atomic mass is 10.1. The zero-order chi connectivity index (χ0) is 13.3. The van der Waals surface area contributed by atoms with E-state index in [-0.39, 0.29) is 16.8 Å². The summed E-state index contributed by atoms with van der Waals surface area (Å²) < 4.78 is 0. The number of nitro groups is 1. The average Bonchev–Trinajstić information content (AvgIpc) is 2.63. The van der Waals surface area contributed by atoms with E-state index in [1.807, 2.05) is 6.07 Å². The highest BCUT2D eigenvalue weighted by Crippen LogP contribution is 2.27. The zero-order valence-electron chi connectivity index (χ0n) is 10.2. The van der Waals surface area contributed by atoms with E-state index in [2.05, 4.69) is 11.8 Å². The van der Waals surface area contributed by atoms with Crippen molar-refractivity contribution < 1.29 is 4.92 Å². The third-order valence-corrected chi connectivity index (χ3v) is 3.86. The zero-order valence-corrected chi connectivity index (χ0v) is 10.9. The van der Waals surface area contributed by atoms with Crippen LogP contribution >= 0.6 is 11.6 Å². The lowest BCUT2D eigenvalue weighted by Gasteiger charge is -2.22. The summed E-state index contributed by atoms with van der Waals surface area (Å²) in [6, 6.07) is 5.44. The first-order valence-corrected chi connectivity index (χ1v) is 6.29. The number of halogens is 1. The van der Waals surface area contributed by atoms with Crippen molar-refractivity contribution in [1.82, 2.24) is 4.90 Å². The molecular weight excluding hydrogens is 254 g/mol. The number of likely N-dealkylation sites (tertiary alicyclic amines) is 1. The Balaban J connectivity index is 2.15. The molecule has 2 rings (SSSR count). The Labute approximate surface area is 111 Å². The van der Waals surface area contributed by atoms with Gasteiger partial charge in [-0.15, -0.1) is 0 Å². The number of hydrogen-bond donors (Lipinski definition) is 1. The van der Waals surface area contributed by atoms with Crippen LogP contribution in [0.25, 0.3) is 0 Å². The van der Waals surface area contributed by atoms with E-state index in [9.17, 15) is 10.1 Å². The Bertz CT molecular complexity index is 467. The van der Waals surface area contributed by atoms with Gasteiger partial charge in [0.15, 0.2) is 0 Å². The smallest absolute Gasteiger partial charge is 0.288 e. The Morgan fingerprint density at radius 3 is 2.89 bits per heavy atom. The summed E-state index contributed by atoms with van der Waals surface area (Å²) in [6.45, 7) is 3.69. The van der Waals surface area contributed by atoms with Gasteiger partial charge in [-0.25, -0.2) is 0 Å². The molecule has 2 N–H and O–H groups in total. The molecule has 5 nitrogen and oxygen atoms in total. The molecule has 1 aromatic carbocycles. The van der Waals surface area contributed by atoms with Crippen LogP contribution in [0.1, 0.15) is 18.9 Å². The molecule has 6 heteroatoms. The third kappa shape index (κ3) is 2.63. The number of nitrogens with zero attached hydrogens (tertiary/aromatic N) is 2. The van der Waals surface area contributed by atoms with Gasteiger partial charge in [-0.05, 0) is 25.0 Å². The van der Waals surface area contributed by atoms with Crippen molar-refractivity contribution in [2.24, 2.45) is 5.73 Å². The standard InChI is InChI=1S/C12H16ClN3O2/c1-8-11(14)4-5-15(8)7-9-2-3-10(13)12(6-9)16(17)18/h2-3,6,8,11H,4-5,7,14H2,1H3. The maximum atomic E-state index is 10.8. The van der Waals surface area contributed by atoms with Crippen molar-refractivity contribution in [1.29, 1.82) is 0 Å². The Morgan fingerprint density at radius 2 is 2.33 bits per heavy atom. The summed E-state index contributed by atoms with van der Waals surface area (Å²) >= 11 is 5.78. The predicted octanol–water partition coefficient (Wildman–Crippen LogP) is 2.17. The van der Waals surface area contributed by atoms with E-state index >= 15 is 0 Å². The molecule has 2 unspecified atom stereocenters. The maximum absolute atomic E-state index is 10.8. The highest BCUT2D eigenvalue weighted by atomic mass is 35.5. The van der Waals surface area contributed by atoms with Crippen molar-refractivity contribution in [2.75, 3.05) is 6.54 Å². The lowest BCUT2D eigenvalue weighted by Crippen LogP contribution is -2.36. The average molecular weight is 270 g/mol. The highest BCUT2D eigenvalue weighted by molar-refractivity contribution is 6.32. The summed E-state index contributed by atoms with van der Waals surface area (Å²) in [5, 5.41) is 11.0. The van der Waals surface area contributed by atoms with Gasteiger partial charge in [-0.1, -0.05) is 17.7 Å². The van der Waals surface area contributed by atoms with Crippen molar-refractivity contribution in [2.45, 2.75) is 32.0 Å². The Kier molecular flexibility index (Phi) is 3.85. The van der Waals surface area contributed by atoms with Crippen LogP contribution in [0.15, 0.2) is 18.2 Å². The molecule has 0 amide bonds. The van der Waals surface area contributed by atoms with Crippen LogP contribution < -0.4 is 5.73 Å². The first kappa shape index (κ1) is 13.3. The van der Waals surface area contributed by atoms with Crippen LogP contribution in [0, 0.1) is 10.1 Å². The summed E-state index contributed by atoms with van der Waals surface area (Å²) in [7, 11) is 0. The topological polar surface area (TPSA) is 72.4 Å². The number of hydrogen-bond acceptors (Lipinski definition) is 4. The fourth-order valence-corrected chi connectivity index (χ4v) is 2.47. The van der Waals surface area contributed by atoms with Crippen LogP contribution in [-0.4, -0.2) is 28.5 Å². The van der Waals surface area contributed by atoms with Gasteiger partial charge in [0.05, 0.1) is 4.92 Å².